The highest BCUT2D eigenvalue weighted by atomic mass is 32.2. The molecule has 2 heterocycles. The smallest absolute Gasteiger partial charge is 0.303 e. The van der Waals surface area contributed by atoms with Gasteiger partial charge in [-0.2, -0.15) is 8.42 Å². The summed E-state index contributed by atoms with van der Waals surface area (Å²) in [7, 11) is -4.01. The summed E-state index contributed by atoms with van der Waals surface area (Å²) in [5, 5.41) is 9.91. The molecule has 0 saturated carbocycles. The van der Waals surface area contributed by atoms with Gasteiger partial charge in [-0.05, 0) is 73.4 Å². The van der Waals surface area contributed by atoms with Gasteiger partial charge >= 0.3 is 5.97 Å². The number of hydrogen-bond acceptors (Lipinski definition) is 6. The van der Waals surface area contributed by atoms with Crippen LogP contribution in [0.5, 0.6) is 11.5 Å². The van der Waals surface area contributed by atoms with Gasteiger partial charge in [0.2, 0.25) is 0 Å². The van der Waals surface area contributed by atoms with Gasteiger partial charge in [-0.1, -0.05) is 42.5 Å². The van der Waals surface area contributed by atoms with Crippen LogP contribution in [0.15, 0.2) is 89.3 Å². The second-order valence-electron chi connectivity index (χ2n) is 9.32. The van der Waals surface area contributed by atoms with Crippen molar-refractivity contribution in [1.82, 2.24) is 3.97 Å². The Bertz CT molecular complexity index is 1750. The molecule has 0 atom stereocenters. The maximum atomic E-state index is 14.1. The quantitative estimate of drug-likeness (QED) is 0.184. The molecular formula is C31H29NO6S2. The molecule has 0 saturated heterocycles. The van der Waals surface area contributed by atoms with E-state index in [0.29, 0.717) is 46.7 Å². The SMILES string of the molecule is CCOc1ccc2c(c1)c(CCC(=O)O)cn2S(=O)(=O)c1sc(C)cc1-c1ccc(OCc2ccccc2)cc1. The van der Waals surface area contributed by atoms with Crippen molar-refractivity contribution < 1.29 is 27.8 Å². The lowest BCUT2D eigenvalue weighted by Crippen LogP contribution is -2.11. The van der Waals surface area contributed by atoms with Crippen molar-refractivity contribution in [3.8, 4) is 22.6 Å². The molecule has 0 fully saturated rings. The maximum Gasteiger partial charge on any atom is 0.303 e. The number of carboxylic acid groups (broad SMARTS) is 1. The van der Waals surface area contributed by atoms with E-state index in [-0.39, 0.29) is 17.1 Å². The predicted molar refractivity (Wildman–Crippen MR) is 157 cm³/mol. The van der Waals surface area contributed by atoms with Crippen LogP contribution in [0.2, 0.25) is 0 Å². The first-order chi connectivity index (χ1) is 19.3. The standard InChI is InChI=1S/C31H29NO6S2/c1-3-37-26-14-15-29-27(18-26)24(11-16-30(33)34)19-32(29)40(35,36)31-28(17-21(2)39-31)23-9-12-25(13-10-23)38-20-22-7-5-4-6-8-22/h4-10,12-15,17-19H,3,11,16,20H2,1-2H3,(H,33,34). The fourth-order valence-electron chi connectivity index (χ4n) is 4.59. The third-order valence-corrected chi connectivity index (χ3v) is 9.71. The summed E-state index contributed by atoms with van der Waals surface area (Å²) in [6, 6.07) is 24.4. The molecule has 2 aromatic heterocycles. The van der Waals surface area contributed by atoms with Crippen LogP contribution < -0.4 is 9.47 Å². The minimum atomic E-state index is -4.01. The Morgan fingerprint density at radius 3 is 2.38 bits per heavy atom. The Morgan fingerprint density at radius 1 is 0.950 bits per heavy atom. The van der Waals surface area contributed by atoms with Gasteiger partial charge in [-0.15, -0.1) is 11.3 Å². The molecule has 5 aromatic rings. The van der Waals surface area contributed by atoms with Crippen LogP contribution in [0, 0.1) is 6.92 Å². The number of hydrogen-bond donors (Lipinski definition) is 1. The molecule has 0 unspecified atom stereocenters. The van der Waals surface area contributed by atoms with Gasteiger partial charge < -0.3 is 14.6 Å². The van der Waals surface area contributed by atoms with E-state index in [1.807, 2.05) is 74.5 Å². The molecule has 0 aliphatic heterocycles. The van der Waals surface area contributed by atoms with E-state index >= 15 is 0 Å². The molecule has 0 amide bonds. The van der Waals surface area contributed by atoms with E-state index in [1.165, 1.54) is 21.5 Å². The van der Waals surface area contributed by atoms with Crippen LogP contribution in [0.3, 0.4) is 0 Å². The highest BCUT2D eigenvalue weighted by molar-refractivity contribution is 7.92. The highest BCUT2D eigenvalue weighted by Crippen LogP contribution is 2.39. The van der Waals surface area contributed by atoms with Crippen molar-refractivity contribution >= 4 is 38.2 Å². The van der Waals surface area contributed by atoms with Crippen LogP contribution in [0.25, 0.3) is 22.0 Å². The Hall–Kier alpha value is -4.08. The first kappa shape index (κ1) is 27.5. The maximum absolute atomic E-state index is 14.1. The summed E-state index contributed by atoms with van der Waals surface area (Å²) in [4.78, 5) is 12.1. The monoisotopic (exact) mass is 575 g/mol. The van der Waals surface area contributed by atoms with Gasteiger partial charge in [0.25, 0.3) is 10.0 Å². The Kier molecular flexibility index (Phi) is 7.95. The van der Waals surface area contributed by atoms with Crippen LogP contribution in [-0.2, 0) is 27.8 Å². The molecule has 0 radical (unpaired) electrons. The number of ether oxygens (including phenoxy) is 2. The second-order valence-corrected chi connectivity index (χ2v) is 12.6. The van der Waals surface area contributed by atoms with Gasteiger partial charge in [-0.25, -0.2) is 3.97 Å². The van der Waals surface area contributed by atoms with E-state index < -0.39 is 16.0 Å². The molecule has 0 bridgehead atoms. The van der Waals surface area contributed by atoms with E-state index in [4.69, 9.17) is 9.47 Å². The van der Waals surface area contributed by atoms with Crippen LogP contribution in [0.1, 0.15) is 29.3 Å². The summed E-state index contributed by atoms with van der Waals surface area (Å²) in [5.41, 5.74) is 3.54. The minimum Gasteiger partial charge on any atom is -0.494 e. The number of benzene rings is 3. The number of aromatic nitrogens is 1. The van der Waals surface area contributed by atoms with Gasteiger partial charge in [0.05, 0.1) is 12.1 Å². The fourth-order valence-corrected chi connectivity index (χ4v) is 7.72. The average molecular weight is 576 g/mol. The molecule has 206 valence electrons. The van der Waals surface area contributed by atoms with Gasteiger partial charge in [-0.3, -0.25) is 4.79 Å². The molecule has 0 aliphatic carbocycles. The molecular weight excluding hydrogens is 546 g/mol. The lowest BCUT2D eigenvalue weighted by atomic mass is 10.1. The summed E-state index contributed by atoms with van der Waals surface area (Å²) in [6.45, 7) is 4.65. The largest absolute Gasteiger partial charge is 0.494 e. The Balaban J connectivity index is 1.50. The molecule has 0 aliphatic rings. The fraction of sp³-hybridized carbons (Fsp3) is 0.194. The minimum absolute atomic E-state index is 0.111. The summed E-state index contributed by atoms with van der Waals surface area (Å²) < 4.78 is 41.3. The first-order valence-corrected chi connectivity index (χ1v) is 15.1. The number of aliphatic carboxylic acids is 1. The van der Waals surface area contributed by atoms with E-state index in [1.54, 1.807) is 18.2 Å². The van der Waals surface area contributed by atoms with Crippen LogP contribution in [-0.4, -0.2) is 30.1 Å². The summed E-state index contributed by atoms with van der Waals surface area (Å²) in [5.74, 6) is 0.342. The number of fused-ring (bicyclic) bond motifs is 1. The number of nitrogens with zero attached hydrogens (tertiary/aromatic N) is 1. The van der Waals surface area contributed by atoms with E-state index in [9.17, 15) is 18.3 Å². The molecule has 5 rings (SSSR count). The van der Waals surface area contributed by atoms with Gasteiger partial charge in [0.1, 0.15) is 22.3 Å². The van der Waals surface area contributed by atoms with Crippen molar-refractivity contribution in [3.63, 3.8) is 0 Å². The summed E-state index contributed by atoms with van der Waals surface area (Å²) in [6.07, 6.45) is 1.63. The third kappa shape index (κ3) is 5.76. The Labute approximate surface area is 237 Å². The van der Waals surface area contributed by atoms with Crippen molar-refractivity contribution in [2.75, 3.05) is 6.61 Å². The van der Waals surface area contributed by atoms with Crippen LogP contribution >= 0.6 is 11.3 Å². The predicted octanol–water partition coefficient (Wildman–Crippen LogP) is 6.91. The molecule has 0 spiro atoms. The van der Waals surface area contributed by atoms with Crippen LogP contribution in [0.4, 0.5) is 0 Å². The second kappa shape index (κ2) is 11.6. The average Bonchev–Trinajstić information content (AvgIpc) is 3.53. The first-order valence-electron chi connectivity index (χ1n) is 12.9. The number of carboxylic acids is 1. The van der Waals surface area contributed by atoms with Crippen molar-refractivity contribution in [2.45, 2.75) is 37.5 Å². The number of carbonyl (C=O) groups is 1. The number of thiophene rings is 1. The lowest BCUT2D eigenvalue weighted by molar-refractivity contribution is -0.136. The van der Waals surface area contributed by atoms with E-state index in [2.05, 4.69) is 0 Å². The molecule has 3 aromatic carbocycles. The zero-order valence-corrected chi connectivity index (χ0v) is 23.8. The zero-order chi connectivity index (χ0) is 28.3. The summed E-state index contributed by atoms with van der Waals surface area (Å²) >= 11 is 1.21. The van der Waals surface area contributed by atoms with Gasteiger partial charge in [0, 0.05) is 28.4 Å². The zero-order valence-electron chi connectivity index (χ0n) is 22.2. The number of aryl methyl sites for hydroxylation is 2. The number of rotatable bonds is 11. The van der Waals surface area contributed by atoms with E-state index in [0.717, 1.165) is 16.0 Å². The normalized spacial score (nSPS) is 11.6. The molecule has 7 nitrogen and oxygen atoms in total. The van der Waals surface area contributed by atoms with Crippen molar-refractivity contribution in [1.29, 1.82) is 0 Å². The van der Waals surface area contributed by atoms with Crippen molar-refractivity contribution in [2.24, 2.45) is 0 Å². The Morgan fingerprint density at radius 2 is 1.68 bits per heavy atom. The molecule has 1 N–H and O–H groups in total. The lowest BCUT2D eigenvalue weighted by Gasteiger charge is -2.10. The third-order valence-electron chi connectivity index (χ3n) is 6.47. The topological polar surface area (TPSA) is 94.8 Å². The van der Waals surface area contributed by atoms with Crippen molar-refractivity contribution in [3.05, 3.63) is 101 Å². The van der Waals surface area contributed by atoms with Gasteiger partial charge in [0.15, 0.2) is 0 Å². The highest BCUT2D eigenvalue weighted by Gasteiger charge is 2.27. The molecule has 9 heteroatoms. The molecule has 40 heavy (non-hydrogen) atoms.